The van der Waals surface area contributed by atoms with Gasteiger partial charge in [-0.05, 0) is 31.2 Å². The van der Waals surface area contributed by atoms with Gasteiger partial charge in [0.2, 0.25) is 0 Å². The van der Waals surface area contributed by atoms with Crippen LogP contribution in [-0.4, -0.2) is 19.7 Å². The number of aromatic nitrogens is 4. The molecule has 0 aliphatic rings. The first-order valence-electron chi connectivity index (χ1n) is 5.28. The SMILES string of the molecule is Cc1nn(-c2ccc(F)cc2)c2ncnc(Cl)c12. The number of nitrogens with zero attached hydrogens (tertiary/aromatic N) is 4. The summed E-state index contributed by atoms with van der Waals surface area (Å²) in [5.74, 6) is -0.292. The lowest BCUT2D eigenvalue weighted by Crippen LogP contribution is -1.98. The van der Waals surface area contributed by atoms with Crippen LogP contribution in [0.5, 0.6) is 0 Å². The van der Waals surface area contributed by atoms with E-state index in [0.717, 1.165) is 11.4 Å². The van der Waals surface area contributed by atoms with Crippen LogP contribution in [0.15, 0.2) is 30.6 Å². The second-order valence-electron chi connectivity index (χ2n) is 3.84. The number of hydrogen-bond acceptors (Lipinski definition) is 3. The average molecular weight is 263 g/mol. The molecule has 1 aromatic carbocycles. The lowest BCUT2D eigenvalue weighted by atomic mass is 10.3. The molecule has 90 valence electrons. The van der Waals surface area contributed by atoms with E-state index < -0.39 is 0 Å². The van der Waals surface area contributed by atoms with Crippen LogP contribution in [0.4, 0.5) is 4.39 Å². The molecule has 0 bridgehead atoms. The third kappa shape index (κ3) is 1.64. The fourth-order valence-corrected chi connectivity index (χ4v) is 2.10. The monoisotopic (exact) mass is 262 g/mol. The standard InChI is InChI=1S/C12H8ClFN4/c1-7-10-11(13)15-6-16-12(10)18(17-7)9-4-2-8(14)3-5-9/h2-6H,1H3. The maximum atomic E-state index is 12.9. The first-order chi connectivity index (χ1) is 8.66. The molecule has 4 nitrogen and oxygen atoms in total. The van der Waals surface area contributed by atoms with Crippen LogP contribution in [0.25, 0.3) is 16.7 Å². The molecule has 0 saturated carbocycles. The Morgan fingerprint density at radius 2 is 1.89 bits per heavy atom. The molecule has 0 N–H and O–H groups in total. The zero-order valence-electron chi connectivity index (χ0n) is 9.43. The first kappa shape index (κ1) is 11.1. The van der Waals surface area contributed by atoms with Crippen LogP contribution in [0.2, 0.25) is 5.15 Å². The molecule has 0 fully saturated rings. The number of fused-ring (bicyclic) bond motifs is 1. The molecule has 3 aromatic rings. The van der Waals surface area contributed by atoms with Crippen LogP contribution in [0, 0.1) is 12.7 Å². The third-order valence-electron chi connectivity index (χ3n) is 2.66. The summed E-state index contributed by atoms with van der Waals surface area (Å²) in [5, 5.41) is 5.44. The summed E-state index contributed by atoms with van der Waals surface area (Å²) in [7, 11) is 0. The maximum absolute atomic E-state index is 12.9. The smallest absolute Gasteiger partial charge is 0.168 e. The van der Waals surface area contributed by atoms with Crippen molar-refractivity contribution in [2.75, 3.05) is 0 Å². The van der Waals surface area contributed by atoms with Gasteiger partial charge in [-0.3, -0.25) is 0 Å². The summed E-state index contributed by atoms with van der Waals surface area (Å²) in [5.41, 5.74) is 2.07. The van der Waals surface area contributed by atoms with E-state index in [-0.39, 0.29) is 5.82 Å². The van der Waals surface area contributed by atoms with E-state index in [4.69, 9.17) is 11.6 Å². The molecule has 0 spiro atoms. The number of benzene rings is 1. The topological polar surface area (TPSA) is 43.6 Å². The van der Waals surface area contributed by atoms with Crippen molar-refractivity contribution in [2.24, 2.45) is 0 Å². The van der Waals surface area contributed by atoms with Gasteiger partial charge in [0.1, 0.15) is 17.3 Å². The van der Waals surface area contributed by atoms with Gasteiger partial charge in [0.15, 0.2) is 5.65 Å². The van der Waals surface area contributed by atoms with Gasteiger partial charge >= 0.3 is 0 Å². The summed E-state index contributed by atoms with van der Waals surface area (Å²) in [6, 6.07) is 6.02. The first-order valence-corrected chi connectivity index (χ1v) is 5.66. The molecule has 18 heavy (non-hydrogen) atoms. The molecule has 0 radical (unpaired) electrons. The van der Waals surface area contributed by atoms with Gasteiger partial charge in [-0.15, -0.1) is 0 Å². The molecule has 6 heteroatoms. The highest BCUT2D eigenvalue weighted by molar-refractivity contribution is 6.34. The normalized spacial score (nSPS) is 11.1. The Morgan fingerprint density at radius 3 is 2.61 bits per heavy atom. The molecule has 2 heterocycles. The second kappa shape index (κ2) is 4.03. The van der Waals surface area contributed by atoms with Crippen molar-refractivity contribution >= 4 is 22.6 Å². The van der Waals surface area contributed by atoms with E-state index in [2.05, 4.69) is 15.1 Å². The fraction of sp³-hybridized carbons (Fsp3) is 0.0833. The molecule has 0 aliphatic carbocycles. The zero-order valence-corrected chi connectivity index (χ0v) is 10.2. The highest BCUT2D eigenvalue weighted by Crippen LogP contribution is 2.24. The molecular weight excluding hydrogens is 255 g/mol. The Hall–Kier alpha value is -2.01. The van der Waals surface area contributed by atoms with E-state index in [1.807, 2.05) is 6.92 Å². The van der Waals surface area contributed by atoms with Crippen molar-refractivity contribution in [2.45, 2.75) is 6.92 Å². The predicted octanol–water partition coefficient (Wildman–Crippen LogP) is 2.92. The molecule has 0 unspecified atom stereocenters. The minimum absolute atomic E-state index is 0.292. The zero-order chi connectivity index (χ0) is 12.7. The van der Waals surface area contributed by atoms with Crippen molar-refractivity contribution in [3.8, 4) is 5.69 Å². The van der Waals surface area contributed by atoms with Crippen molar-refractivity contribution in [3.05, 3.63) is 47.3 Å². The minimum Gasteiger partial charge on any atom is -0.224 e. The van der Waals surface area contributed by atoms with E-state index >= 15 is 0 Å². The van der Waals surface area contributed by atoms with Gasteiger partial charge in [-0.2, -0.15) is 5.10 Å². The Balaban J connectivity index is 2.30. The quantitative estimate of drug-likeness (QED) is 0.634. The summed E-state index contributed by atoms with van der Waals surface area (Å²) in [6.45, 7) is 1.83. The summed E-state index contributed by atoms with van der Waals surface area (Å²) in [4.78, 5) is 8.10. The molecular formula is C12H8ClFN4. The number of aryl methyl sites for hydroxylation is 1. The van der Waals surface area contributed by atoms with Gasteiger partial charge in [0, 0.05) is 0 Å². The Labute approximate surface area is 107 Å². The highest BCUT2D eigenvalue weighted by atomic mass is 35.5. The molecule has 2 aromatic heterocycles. The molecule has 3 rings (SSSR count). The largest absolute Gasteiger partial charge is 0.224 e. The van der Waals surface area contributed by atoms with E-state index in [0.29, 0.717) is 16.2 Å². The van der Waals surface area contributed by atoms with Crippen molar-refractivity contribution in [1.82, 2.24) is 19.7 Å². The van der Waals surface area contributed by atoms with Crippen molar-refractivity contribution in [3.63, 3.8) is 0 Å². The van der Waals surface area contributed by atoms with Crippen LogP contribution in [-0.2, 0) is 0 Å². The van der Waals surface area contributed by atoms with Gasteiger partial charge in [0.25, 0.3) is 0 Å². The summed E-state index contributed by atoms with van der Waals surface area (Å²) < 4.78 is 14.5. The van der Waals surface area contributed by atoms with Crippen LogP contribution in [0.3, 0.4) is 0 Å². The van der Waals surface area contributed by atoms with Crippen molar-refractivity contribution in [1.29, 1.82) is 0 Å². The molecule has 0 saturated heterocycles. The number of hydrogen-bond donors (Lipinski definition) is 0. The summed E-state index contributed by atoms with van der Waals surface area (Å²) in [6.07, 6.45) is 1.38. The number of rotatable bonds is 1. The van der Waals surface area contributed by atoms with Gasteiger partial charge in [-0.25, -0.2) is 19.0 Å². The number of halogens is 2. The highest BCUT2D eigenvalue weighted by Gasteiger charge is 2.13. The Kier molecular flexibility index (Phi) is 2.48. The molecule has 0 aliphatic heterocycles. The van der Waals surface area contributed by atoms with Gasteiger partial charge in [-0.1, -0.05) is 11.6 Å². The van der Waals surface area contributed by atoms with Crippen molar-refractivity contribution < 1.29 is 4.39 Å². The van der Waals surface area contributed by atoms with Crippen LogP contribution < -0.4 is 0 Å². The summed E-state index contributed by atoms with van der Waals surface area (Å²) >= 11 is 6.02. The lowest BCUT2D eigenvalue weighted by molar-refractivity contribution is 0.627. The van der Waals surface area contributed by atoms with Crippen LogP contribution in [0.1, 0.15) is 5.69 Å². The average Bonchev–Trinajstić information content (AvgIpc) is 2.69. The molecule has 0 amide bonds. The molecule has 0 atom stereocenters. The van der Waals surface area contributed by atoms with Gasteiger partial charge < -0.3 is 0 Å². The Morgan fingerprint density at radius 1 is 1.17 bits per heavy atom. The van der Waals surface area contributed by atoms with E-state index in [9.17, 15) is 4.39 Å². The lowest BCUT2D eigenvalue weighted by Gasteiger charge is -2.02. The van der Waals surface area contributed by atoms with E-state index in [1.165, 1.54) is 18.5 Å². The predicted molar refractivity (Wildman–Crippen MR) is 66.4 cm³/mol. The third-order valence-corrected chi connectivity index (χ3v) is 2.95. The van der Waals surface area contributed by atoms with E-state index in [1.54, 1.807) is 16.8 Å². The minimum atomic E-state index is -0.292. The van der Waals surface area contributed by atoms with Crippen LogP contribution >= 0.6 is 11.6 Å². The second-order valence-corrected chi connectivity index (χ2v) is 4.19. The fourth-order valence-electron chi connectivity index (χ4n) is 1.84. The maximum Gasteiger partial charge on any atom is 0.168 e. The Bertz CT molecular complexity index is 721. The van der Waals surface area contributed by atoms with Gasteiger partial charge in [0.05, 0.1) is 16.8 Å².